The zero-order valence-electron chi connectivity index (χ0n) is 9.04. The van der Waals surface area contributed by atoms with Crippen LogP contribution in [0.3, 0.4) is 0 Å². The zero-order valence-corrected chi connectivity index (χ0v) is 10.6. The summed E-state index contributed by atoms with van der Waals surface area (Å²) in [5, 5.41) is 9.67. The average Bonchev–Trinajstić information content (AvgIpc) is 2.08. The predicted octanol–water partition coefficient (Wildman–Crippen LogP) is 3.13. The Morgan fingerprint density at radius 2 is 2.00 bits per heavy atom. The second-order valence-electron chi connectivity index (χ2n) is 4.00. The van der Waals surface area contributed by atoms with Crippen LogP contribution in [0.15, 0.2) is 6.07 Å². The molecule has 0 aliphatic carbocycles. The van der Waals surface area contributed by atoms with Crippen LogP contribution in [0.25, 0.3) is 0 Å². The van der Waals surface area contributed by atoms with E-state index in [4.69, 9.17) is 27.9 Å². The van der Waals surface area contributed by atoms with Crippen molar-refractivity contribution in [3.05, 3.63) is 16.4 Å². The molecule has 1 amide bonds. The summed E-state index contributed by atoms with van der Waals surface area (Å²) in [5.41, 5.74) is -0.322. The maximum Gasteiger partial charge on any atom is 0.412 e. The van der Waals surface area contributed by atoms with Crippen LogP contribution in [0.4, 0.5) is 10.5 Å². The van der Waals surface area contributed by atoms with Gasteiger partial charge in [0.15, 0.2) is 10.3 Å². The summed E-state index contributed by atoms with van der Waals surface area (Å²) < 4.78 is 5.04. The first-order valence-electron chi connectivity index (χ1n) is 4.46. The molecule has 0 radical (unpaired) electrons. The number of anilines is 1. The number of nitrogens with one attached hydrogen (secondary N) is 1. The molecule has 1 aromatic rings. The lowest BCUT2D eigenvalue weighted by Crippen LogP contribution is -2.27. The highest BCUT2D eigenvalue weighted by Gasteiger charge is 2.17. The molecular weight excluding hydrogens is 253 g/mol. The van der Waals surface area contributed by atoms with Crippen molar-refractivity contribution in [3.63, 3.8) is 0 Å². The van der Waals surface area contributed by atoms with Crippen molar-refractivity contribution >= 4 is 35.0 Å². The number of carbonyl (C=O) groups is 1. The number of halogens is 2. The molecule has 0 unspecified atom stereocenters. The molecule has 0 saturated heterocycles. The number of nitrogens with zero attached hydrogens (tertiary/aromatic N) is 2. The summed E-state index contributed by atoms with van der Waals surface area (Å²) in [6, 6.07) is 1.39. The standard InChI is InChI=1S/C9H11Cl2N3O2/c1-9(2,3)16-8(15)12-5-4-6(10)13-14-7(5)11/h4H,1-3H3,(H,12,13,15). The maximum absolute atomic E-state index is 11.4. The number of hydrogen-bond donors (Lipinski definition) is 1. The average molecular weight is 264 g/mol. The molecule has 0 atom stereocenters. The Bertz CT molecular complexity index is 404. The molecule has 1 aromatic heterocycles. The van der Waals surface area contributed by atoms with E-state index in [2.05, 4.69) is 15.5 Å². The molecule has 88 valence electrons. The molecule has 0 aliphatic heterocycles. The third kappa shape index (κ3) is 4.20. The first-order valence-corrected chi connectivity index (χ1v) is 5.22. The van der Waals surface area contributed by atoms with Gasteiger partial charge in [0.2, 0.25) is 0 Å². The molecule has 7 heteroatoms. The van der Waals surface area contributed by atoms with Gasteiger partial charge >= 0.3 is 6.09 Å². The van der Waals surface area contributed by atoms with Crippen LogP contribution in [0.5, 0.6) is 0 Å². The summed E-state index contributed by atoms with van der Waals surface area (Å²) in [6.07, 6.45) is -0.626. The van der Waals surface area contributed by atoms with Crippen LogP contribution in [0.2, 0.25) is 10.3 Å². The van der Waals surface area contributed by atoms with Crippen molar-refractivity contribution < 1.29 is 9.53 Å². The van der Waals surface area contributed by atoms with Crippen molar-refractivity contribution in [1.82, 2.24) is 10.2 Å². The van der Waals surface area contributed by atoms with Crippen molar-refractivity contribution in [2.24, 2.45) is 0 Å². The topological polar surface area (TPSA) is 64.1 Å². The first-order chi connectivity index (χ1) is 7.28. The van der Waals surface area contributed by atoms with Gasteiger partial charge in [-0.15, -0.1) is 10.2 Å². The Balaban J connectivity index is 2.73. The molecule has 0 saturated carbocycles. The minimum atomic E-state index is -0.626. The molecular formula is C9H11Cl2N3O2. The molecule has 5 nitrogen and oxygen atoms in total. The molecule has 16 heavy (non-hydrogen) atoms. The van der Waals surface area contributed by atoms with E-state index in [1.54, 1.807) is 20.8 Å². The van der Waals surface area contributed by atoms with Gasteiger partial charge in [0.05, 0.1) is 5.69 Å². The van der Waals surface area contributed by atoms with E-state index in [-0.39, 0.29) is 16.0 Å². The predicted molar refractivity (Wildman–Crippen MR) is 61.9 cm³/mol. The van der Waals surface area contributed by atoms with Crippen molar-refractivity contribution in [3.8, 4) is 0 Å². The summed E-state index contributed by atoms with van der Waals surface area (Å²) >= 11 is 11.3. The van der Waals surface area contributed by atoms with Crippen LogP contribution in [0.1, 0.15) is 20.8 Å². The molecule has 0 spiro atoms. The molecule has 0 aromatic carbocycles. The maximum atomic E-state index is 11.4. The molecule has 0 aliphatic rings. The Labute approximate surface area is 103 Å². The molecule has 0 fully saturated rings. The minimum absolute atomic E-state index is 0.0512. The van der Waals surface area contributed by atoms with Crippen LogP contribution in [-0.2, 0) is 4.74 Å². The van der Waals surface area contributed by atoms with Gasteiger partial charge in [-0.2, -0.15) is 0 Å². The second kappa shape index (κ2) is 4.84. The van der Waals surface area contributed by atoms with Gasteiger partial charge in [-0.05, 0) is 20.8 Å². The van der Waals surface area contributed by atoms with Crippen LogP contribution >= 0.6 is 23.2 Å². The molecule has 1 rings (SSSR count). The lowest BCUT2D eigenvalue weighted by Gasteiger charge is -2.19. The fourth-order valence-corrected chi connectivity index (χ4v) is 1.14. The number of carbonyl (C=O) groups excluding carboxylic acids is 1. The third-order valence-corrected chi connectivity index (χ3v) is 1.82. The van der Waals surface area contributed by atoms with E-state index < -0.39 is 11.7 Å². The number of rotatable bonds is 1. The number of amides is 1. The number of aromatic nitrogens is 2. The van der Waals surface area contributed by atoms with Gasteiger partial charge in [-0.3, -0.25) is 5.32 Å². The fraction of sp³-hybridized carbons (Fsp3) is 0.444. The van der Waals surface area contributed by atoms with Crippen molar-refractivity contribution in [1.29, 1.82) is 0 Å². The van der Waals surface area contributed by atoms with Gasteiger partial charge in [-0.1, -0.05) is 23.2 Å². The van der Waals surface area contributed by atoms with E-state index in [0.29, 0.717) is 0 Å². The summed E-state index contributed by atoms with van der Waals surface area (Å²) in [7, 11) is 0. The monoisotopic (exact) mass is 263 g/mol. The highest BCUT2D eigenvalue weighted by molar-refractivity contribution is 6.33. The van der Waals surface area contributed by atoms with Gasteiger partial charge < -0.3 is 4.74 Å². The van der Waals surface area contributed by atoms with Crippen LogP contribution in [-0.4, -0.2) is 21.9 Å². The summed E-state index contributed by atoms with van der Waals surface area (Å²) in [5.74, 6) is 0. The smallest absolute Gasteiger partial charge is 0.412 e. The quantitative estimate of drug-likeness (QED) is 0.846. The SMILES string of the molecule is CC(C)(C)OC(=O)Nc1cc(Cl)nnc1Cl. The molecule has 0 bridgehead atoms. The van der Waals surface area contributed by atoms with E-state index in [1.165, 1.54) is 6.07 Å². The first kappa shape index (κ1) is 13.0. The Morgan fingerprint density at radius 3 is 2.56 bits per heavy atom. The second-order valence-corrected chi connectivity index (χ2v) is 4.74. The zero-order chi connectivity index (χ0) is 12.3. The number of hydrogen-bond acceptors (Lipinski definition) is 4. The lowest BCUT2D eigenvalue weighted by atomic mass is 10.2. The minimum Gasteiger partial charge on any atom is -0.444 e. The van der Waals surface area contributed by atoms with Gasteiger partial charge in [0.1, 0.15) is 5.60 Å². The summed E-state index contributed by atoms with van der Waals surface area (Å²) in [4.78, 5) is 11.4. The molecule has 1 heterocycles. The Morgan fingerprint density at radius 1 is 1.38 bits per heavy atom. The van der Waals surface area contributed by atoms with E-state index in [9.17, 15) is 4.79 Å². The van der Waals surface area contributed by atoms with Crippen LogP contribution < -0.4 is 5.32 Å². The summed E-state index contributed by atoms with van der Waals surface area (Å²) in [6.45, 7) is 5.27. The normalized spacial score (nSPS) is 11.1. The fourth-order valence-electron chi connectivity index (χ4n) is 0.854. The van der Waals surface area contributed by atoms with Gasteiger partial charge in [-0.25, -0.2) is 4.79 Å². The third-order valence-electron chi connectivity index (χ3n) is 1.35. The van der Waals surface area contributed by atoms with E-state index in [0.717, 1.165) is 0 Å². The number of ether oxygens (including phenoxy) is 1. The van der Waals surface area contributed by atoms with Gasteiger partial charge in [0, 0.05) is 6.07 Å². The van der Waals surface area contributed by atoms with Crippen LogP contribution in [0, 0.1) is 0 Å². The lowest BCUT2D eigenvalue weighted by molar-refractivity contribution is 0.0636. The van der Waals surface area contributed by atoms with E-state index in [1.807, 2.05) is 0 Å². The van der Waals surface area contributed by atoms with E-state index >= 15 is 0 Å². The Hall–Kier alpha value is -1.07. The van der Waals surface area contributed by atoms with Crippen molar-refractivity contribution in [2.45, 2.75) is 26.4 Å². The molecule has 1 N–H and O–H groups in total. The largest absolute Gasteiger partial charge is 0.444 e. The highest BCUT2D eigenvalue weighted by atomic mass is 35.5. The van der Waals surface area contributed by atoms with Crippen molar-refractivity contribution in [2.75, 3.05) is 5.32 Å². The highest BCUT2D eigenvalue weighted by Crippen LogP contribution is 2.21. The van der Waals surface area contributed by atoms with Gasteiger partial charge in [0.25, 0.3) is 0 Å². The Kier molecular flexibility index (Phi) is 3.93.